The van der Waals surface area contributed by atoms with Crippen molar-refractivity contribution in [1.29, 1.82) is 0 Å². The van der Waals surface area contributed by atoms with Crippen LogP contribution in [0.25, 0.3) is 0 Å². The topological polar surface area (TPSA) is 47.6 Å². The van der Waals surface area contributed by atoms with E-state index in [0.29, 0.717) is 42.0 Å². The first-order valence-corrected chi connectivity index (χ1v) is 6.70. The largest absolute Gasteiger partial charge is 0.382 e. The Morgan fingerprint density at radius 1 is 1.16 bits per heavy atom. The summed E-state index contributed by atoms with van der Waals surface area (Å²) in [6.45, 7) is 2.26. The highest BCUT2D eigenvalue weighted by Crippen LogP contribution is 2.18. The van der Waals surface area contributed by atoms with Crippen molar-refractivity contribution in [3.8, 4) is 0 Å². The van der Waals surface area contributed by atoms with Gasteiger partial charge in [-0.3, -0.25) is 4.79 Å². The maximum atomic E-state index is 11.8. The maximum absolute atomic E-state index is 11.8. The molecule has 0 aliphatic carbocycles. The molecule has 0 saturated carbocycles. The average molecular weight is 306 g/mol. The molecule has 0 atom stereocenters. The Bertz CT molecular complexity index is 393. The van der Waals surface area contributed by atoms with Crippen LogP contribution in [0.2, 0.25) is 10.0 Å². The van der Waals surface area contributed by atoms with Crippen LogP contribution in [-0.2, 0) is 9.47 Å². The number of carbonyl (C=O) groups is 1. The smallest absolute Gasteiger partial charge is 0.251 e. The summed E-state index contributed by atoms with van der Waals surface area (Å²) in [5, 5.41) is 3.67. The van der Waals surface area contributed by atoms with Crippen LogP contribution < -0.4 is 5.32 Å². The highest BCUT2D eigenvalue weighted by Gasteiger charge is 2.06. The summed E-state index contributed by atoms with van der Waals surface area (Å²) in [6, 6.07) is 4.75. The first-order valence-electron chi connectivity index (χ1n) is 5.94. The number of benzene rings is 1. The highest BCUT2D eigenvalue weighted by molar-refractivity contribution is 6.35. The third kappa shape index (κ3) is 6.78. The third-order valence-corrected chi connectivity index (χ3v) is 2.74. The number of carbonyl (C=O) groups excluding carboxylic acids is 1. The molecule has 1 aromatic rings. The molecule has 0 heterocycles. The minimum absolute atomic E-state index is 0.193. The lowest BCUT2D eigenvalue weighted by atomic mass is 10.2. The molecule has 0 radical (unpaired) electrons. The molecule has 0 spiro atoms. The van der Waals surface area contributed by atoms with Crippen molar-refractivity contribution in [3.63, 3.8) is 0 Å². The van der Waals surface area contributed by atoms with E-state index in [1.54, 1.807) is 25.3 Å². The van der Waals surface area contributed by atoms with Crippen molar-refractivity contribution in [2.45, 2.75) is 6.42 Å². The zero-order chi connectivity index (χ0) is 14.1. The van der Waals surface area contributed by atoms with E-state index < -0.39 is 0 Å². The minimum atomic E-state index is -0.193. The first-order chi connectivity index (χ1) is 9.13. The molecule has 1 rings (SSSR count). The Balaban J connectivity index is 2.24. The highest BCUT2D eigenvalue weighted by atomic mass is 35.5. The summed E-state index contributed by atoms with van der Waals surface area (Å²) in [5.41, 5.74) is 0.456. The number of rotatable bonds is 8. The Hall–Kier alpha value is -0.810. The fourth-order valence-corrected chi connectivity index (χ4v) is 1.93. The first kappa shape index (κ1) is 16.2. The number of nitrogens with one attached hydrogen (secondary N) is 1. The van der Waals surface area contributed by atoms with E-state index in [4.69, 9.17) is 32.7 Å². The van der Waals surface area contributed by atoms with Crippen LogP contribution in [0.1, 0.15) is 16.8 Å². The molecule has 19 heavy (non-hydrogen) atoms. The van der Waals surface area contributed by atoms with Crippen LogP contribution in [0.15, 0.2) is 18.2 Å². The van der Waals surface area contributed by atoms with Crippen LogP contribution in [0.5, 0.6) is 0 Å². The molecule has 0 bridgehead atoms. The van der Waals surface area contributed by atoms with Gasteiger partial charge in [-0.15, -0.1) is 0 Å². The van der Waals surface area contributed by atoms with Crippen molar-refractivity contribution >= 4 is 29.1 Å². The van der Waals surface area contributed by atoms with Gasteiger partial charge in [0.2, 0.25) is 0 Å². The predicted octanol–water partition coefficient (Wildman–Crippen LogP) is 2.78. The fourth-order valence-electron chi connectivity index (χ4n) is 1.41. The van der Waals surface area contributed by atoms with Crippen molar-refractivity contribution < 1.29 is 14.3 Å². The van der Waals surface area contributed by atoms with Crippen molar-refractivity contribution in [3.05, 3.63) is 33.8 Å². The predicted molar refractivity (Wildman–Crippen MR) is 76.1 cm³/mol. The van der Waals surface area contributed by atoms with Gasteiger partial charge in [0.1, 0.15) is 0 Å². The fraction of sp³-hybridized carbons (Fsp3) is 0.462. The van der Waals surface area contributed by atoms with Gasteiger partial charge in [0.05, 0.1) is 13.2 Å². The third-order valence-electron chi connectivity index (χ3n) is 2.31. The van der Waals surface area contributed by atoms with Gasteiger partial charge in [0, 0.05) is 35.9 Å². The molecule has 0 saturated heterocycles. The summed E-state index contributed by atoms with van der Waals surface area (Å²) < 4.78 is 10.1. The molecule has 0 aliphatic heterocycles. The van der Waals surface area contributed by atoms with Gasteiger partial charge < -0.3 is 14.8 Å². The zero-order valence-corrected chi connectivity index (χ0v) is 12.3. The Kier molecular flexibility index (Phi) is 7.82. The normalized spacial score (nSPS) is 10.5. The van der Waals surface area contributed by atoms with E-state index in [2.05, 4.69) is 5.32 Å². The van der Waals surface area contributed by atoms with Gasteiger partial charge in [-0.1, -0.05) is 23.2 Å². The van der Waals surface area contributed by atoms with Crippen LogP contribution in [-0.4, -0.2) is 39.4 Å². The Morgan fingerprint density at radius 2 is 1.84 bits per heavy atom. The molecule has 0 unspecified atom stereocenters. The SMILES string of the molecule is COCCOCCCNC(=O)c1cc(Cl)cc(Cl)c1. The summed E-state index contributed by atoms with van der Waals surface area (Å²) in [6.07, 6.45) is 0.740. The average Bonchev–Trinajstić information content (AvgIpc) is 2.36. The standard InChI is InChI=1S/C13H17Cl2NO3/c1-18-5-6-19-4-2-3-16-13(17)10-7-11(14)9-12(15)8-10/h7-9H,2-6H2,1H3,(H,16,17). The molecule has 0 aliphatic rings. The summed E-state index contributed by atoms with van der Waals surface area (Å²) >= 11 is 11.7. The van der Waals surface area contributed by atoms with E-state index >= 15 is 0 Å². The lowest BCUT2D eigenvalue weighted by Gasteiger charge is -2.07. The number of ether oxygens (including phenoxy) is 2. The monoisotopic (exact) mass is 305 g/mol. The molecular formula is C13H17Cl2NO3. The van der Waals surface area contributed by atoms with Crippen LogP contribution in [0.4, 0.5) is 0 Å². The Labute approximate surface area is 123 Å². The second-order valence-corrected chi connectivity index (χ2v) is 4.75. The quantitative estimate of drug-likeness (QED) is 0.751. The molecule has 106 valence electrons. The van der Waals surface area contributed by atoms with Gasteiger partial charge in [-0.05, 0) is 24.6 Å². The number of hydrogen-bond acceptors (Lipinski definition) is 3. The summed E-state index contributed by atoms with van der Waals surface area (Å²) in [5.74, 6) is -0.193. The van der Waals surface area contributed by atoms with E-state index in [-0.39, 0.29) is 5.91 Å². The maximum Gasteiger partial charge on any atom is 0.251 e. The molecule has 4 nitrogen and oxygen atoms in total. The van der Waals surface area contributed by atoms with Gasteiger partial charge in [-0.25, -0.2) is 0 Å². The summed E-state index contributed by atoms with van der Waals surface area (Å²) in [7, 11) is 1.62. The Morgan fingerprint density at radius 3 is 2.47 bits per heavy atom. The number of amides is 1. The molecule has 1 N–H and O–H groups in total. The molecule has 6 heteroatoms. The summed E-state index contributed by atoms with van der Waals surface area (Å²) in [4.78, 5) is 11.8. The molecule has 1 aromatic carbocycles. The molecule has 0 aromatic heterocycles. The number of methoxy groups -OCH3 is 1. The molecular weight excluding hydrogens is 289 g/mol. The van der Waals surface area contributed by atoms with E-state index in [1.165, 1.54) is 0 Å². The second-order valence-electron chi connectivity index (χ2n) is 3.87. The van der Waals surface area contributed by atoms with Crippen LogP contribution in [0.3, 0.4) is 0 Å². The van der Waals surface area contributed by atoms with E-state index in [9.17, 15) is 4.79 Å². The molecule has 1 amide bonds. The van der Waals surface area contributed by atoms with Crippen molar-refractivity contribution in [1.82, 2.24) is 5.32 Å². The minimum Gasteiger partial charge on any atom is -0.382 e. The molecule has 0 fully saturated rings. The van der Waals surface area contributed by atoms with Crippen LogP contribution in [0, 0.1) is 0 Å². The van der Waals surface area contributed by atoms with Gasteiger partial charge >= 0.3 is 0 Å². The van der Waals surface area contributed by atoms with E-state index in [0.717, 1.165) is 6.42 Å². The number of halogens is 2. The lowest BCUT2D eigenvalue weighted by molar-refractivity contribution is 0.0688. The van der Waals surface area contributed by atoms with Gasteiger partial charge in [0.15, 0.2) is 0 Å². The lowest BCUT2D eigenvalue weighted by Crippen LogP contribution is -2.25. The van der Waals surface area contributed by atoms with Crippen LogP contribution >= 0.6 is 23.2 Å². The van der Waals surface area contributed by atoms with Crippen molar-refractivity contribution in [2.75, 3.05) is 33.5 Å². The second kappa shape index (κ2) is 9.15. The number of hydrogen-bond donors (Lipinski definition) is 1. The van der Waals surface area contributed by atoms with Crippen molar-refractivity contribution in [2.24, 2.45) is 0 Å². The van der Waals surface area contributed by atoms with E-state index in [1.807, 2.05) is 0 Å². The van der Waals surface area contributed by atoms with Gasteiger partial charge in [0.25, 0.3) is 5.91 Å². The van der Waals surface area contributed by atoms with Gasteiger partial charge in [-0.2, -0.15) is 0 Å². The zero-order valence-electron chi connectivity index (χ0n) is 10.7.